The van der Waals surface area contributed by atoms with Crippen molar-refractivity contribution in [2.45, 2.75) is 0 Å². The van der Waals surface area contributed by atoms with E-state index >= 15 is 0 Å². The molecule has 16 heavy (non-hydrogen) atoms. The predicted molar refractivity (Wildman–Crippen MR) is 67.0 cm³/mol. The summed E-state index contributed by atoms with van der Waals surface area (Å²) in [6.07, 6.45) is 0. The summed E-state index contributed by atoms with van der Waals surface area (Å²) in [5, 5.41) is 3.07. The molecule has 0 aliphatic carbocycles. The minimum atomic E-state index is 0.0702. The molecular weight excluding hydrogens is 200 g/mol. The van der Waals surface area contributed by atoms with Crippen molar-refractivity contribution < 1.29 is 4.79 Å². The number of amides is 1. The Kier molecular flexibility index (Phi) is 4.73. The third kappa shape index (κ3) is 3.87. The maximum atomic E-state index is 11.3. The zero-order chi connectivity index (χ0) is 12.0. The van der Waals surface area contributed by atoms with Crippen LogP contribution in [0.1, 0.15) is 5.56 Å². The van der Waals surface area contributed by atoms with E-state index in [9.17, 15) is 4.79 Å². The van der Waals surface area contributed by atoms with Gasteiger partial charge in [0.1, 0.15) is 0 Å². The summed E-state index contributed by atoms with van der Waals surface area (Å²) in [5.74, 6) is 0.0702. The molecule has 86 valence electrons. The molecule has 0 bridgehead atoms. The molecule has 1 aromatic rings. The van der Waals surface area contributed by atoms with E-state index in [-0.39, 0.29) is 5.91 Å². The lowest BCUT2D eigenvalue weighted by molar-refractivity contribution is -0.127. The molecule has 1 rings (SSSR count). The molecule has 0 radical (unpaired) electrons. The molecule has 0 aliphatic rings. The highest BCUT2D eigenvalue weighted by Gasteiger charge is 2.03. The fraction of sp³-hybridized carbons (Fsp3) is 0.308. The molecule has 3 nitrogen and oxygen atoms in total. The fourth-order valence-electron chi connectivity index (χ4n) is 1.25. The lowest BCUT2D eigenvalue weighted by atomic mass is 10.1. The summed E-state index contributed by atoms with van der Waals surface area (Å²) in [4.78, 5) is 12.9. The predicted octanol–water partition coefficient (Wildman–Crippen LogP) is 1.38. The number of rotatable bonds is 5. The van der Waals surface area contributed by atoms with E-state index in [1.54, 1.807) is 19.0 Å². The van der Waals surface area contributed by atoms with Gasteiger partial charge in [-0.1, -0.05) is 36.9 Å². The Hall–Kier alpha value is -1.61. The lowest BCUT2D eigenvalue weighted by Crippen LogP contribution is -2.33. The number of carbonyl (C=O) groups is 1. The van der Waals surface area contributed by atoms with E-state index in [4.69, 9.17) is 0 Å². The van der Waals surface area contributed by atoms with Gasteiger partial charge >= 0.3 is 0 Å². The Morgan fingerprint density at radius 1 is 1.25 bits per heavy atom. The average Bonchev–Trinajstić information content (AvgIpc) is 2.29. The number of nitrogens with zero attached hydrogens (tertiary/aromatic N) is 1. The van der Waals surface area contributed by atoms with Gasteiger partial charge in [-0.25, -0.2) is 0 Å². The van der Waals surface area contributed by atoms with E-state index in [0.29, 0.717) is 13.1 Å². The molecular formula is C13H18N2O. The van der Waals surface area contributed by atoms with Crippen molar-refractivity contribution in [1.82, 2.24) is 10.2 Å². The third-order valence-electron chi connectivity index (χ3n) is 2.30. The molecule has 0 aliphatic heterocycles. The van der Waals surface area contributed by atoms with Crippen molar-refractivity contribution in [3.8, 4) is 0 Å². The molecule has 1 amide bonds. The highest BCUT2D eigenvalue weighted by atomic mass is 16.2. The maximum absolute atomic E-state index is 11.3. The lowest BCUT2D eigenvalue weighted by Gasteiger charge is -2.11. The van der Waals surface area contributed by atoms with Gasteiger partial charge in [-0.2, -0.15) is 0 Å². The first-order valence-electron chi connectivity index (χ1n) is 5.25. The van der Waals surface area contributed by atoms with Gasteiger partial charge in [0.25, 0.3) is 0 Å². The number of benzene rings is 1. The number of hydrogen-bond donors (Lipinski definition) is 1. The van der Waals surface area contributed by atoms with E-state index in [1.807, 2.05) is 30.3 Å². The summed E-state index contributed by atoms with van der Waals surface area (Å²) in [7, 11) is 3.49. The molecule has 0 aromatic heterocycles. The van der Waals surface area contributed by atoms with E-state index in [1.165, 1.54) is 0 Å². The minimum absolute atomic E-state index is 0.0702. The Morgan fingerprint density at radius 3 is 2.44 bits per heavy atom. The van der Waals surface area contributed by atoms with Crippen LogP contribution in [0.3, 0.4) is 0 Å². The molecule has 0 unspecified atom stereocenters. The molecule has 0 saturated heterocycles. The van der Waals surface area contributed by atoms with Gasteiger partial charge in [0.2, 0.25) is 5.91 Å². The zero-order valence-electron chi connectivity index (χ0n) is 9.86. The quantitative estimate of drug-likeness (QED) is 0.809. The first kappa shape index (κ1) is 12.5. The van der Waals surface area contributed by atoms with Gasteiger partial charge in [-0.3, -0.25) is 4.79 Å². The summed E-state index contributed by atoms with van der Waals surface area (Å²) < 4.78 is 0. The normalized spacial score (nSPS) is 9.88. The van der Waals surface area contributed by atoms with Crippen LogP contribution in [0.25, 0.3) is 5.57 Å². The van der Waals surface area contributed by atoms with Gasteiger partial charge in [-0.05, 0) is 11.1 Å². The van der Waals surface area contributed by atoms with Gasteiger partial charge in [0.05, 0.1) is 6.54 Å². The Bertz CT molecular complexity index is 357. The fourth-order valence-corrected chi connectivity index (χ4v) is 1.25. The average molecular weight is 218 g/mol. The van der Waals surface area contributed by atoms with Crippen molar-refractivity contribution in [1.29, 1.82) is 0 Å². The molecule has 0 fully saturated rings. The van der Waals surface area contributed by atoms with Crippen molar-refractivity contribution in [3.05, 3.63) is 42.5 Å². The standard InChI is InChI=1S/C13H18N2O/c1-11(12-7-5-4-6-8-12)9-14-10-13(16)15(2)3/h4-8,14H,1,9-10H2,2-3H3. The number of carbonyl (C=O) groups excluding carboxylic acids is 1. The summed E-state index contributed by atoms with van der Waals surface area (Å²) in [6.45, 7) is 4.95. The third-order valence-corrected chi connectivity index (χ3v) is 2.30. The number of hydrogen-bond acceptors (Lipinski definition) is 2. The second-order valence-electron chi connectivity index (χ2n) is 3.86. The monoisotopic (exact) mass is 218 g/mol. The molecule has 3 heteroatoms. The van der Waals surface area contributed by atoms with Crippen molar-refractivity contribution in [3.63, 3.8) is 0 Å². The second kappa shape index (κ2) is 6.08. The number of likely N-dealkylation sites (N-methyl/N-ethyl adjacent to an activating group) is 1. The Balaban J connectivity index is 2.34. The van der Waals surface area contributed by atoms with E-state index in [2.05, 4.69) is 11.9 Å². The van der Waals surface area contributed by atoms with Crippen LogP contribution in [0.5, 0.6) is 0 Å². The highest BCUT2D eigenvalue weighted by molar-refractivity contribution is 5.78. The van der Waals surface area contributed by atoms with Gasteiger partial charge in [0.15, 0.2) is 0 Å². The molecule has 1 aromatic carbocycles. The Labute approximate surface area is 96.8 Å². The zero-order valence-corrected chi connectivity index (χ0v) is 9.86. The first-order chi connectivity index (χ1) is 7.61. The highest BCUT2D eigenvalue weighted by Crippen LogP contribution is 2.09. The van der Waals surface area contributed by atoms with E-state index in [0.717, 1.165) is 11.1 Å². The topological polar surface area (TPSA) is 32.3 Å². The largest absolute Gasteiger partial charge is 0.348 e. The van der Waals surface area contributed by atoms with Crippen LogP contribution in [0.4, 0.5) is 0 Å². The van der Waals surface area contributed by atoms with Crippen LogP contribution in [0.15, 0.2) is 36.9 Å². The van der Waals surface area contributed by atoms with Crippen molar-refractivity contribution >= 4 is 11.5 Å². The van der Waals surface area contributed by atoms with Gasteiger partial charge in [0, 0.05) is 20.6 Å². The van der Waals surface area contributed by atoms with Gasteiger partial charge < -0.3 is 10.2 Å². The molecule has 0 saturated carbocycles. The van der Waals surface area contributed by atoms with Crippen molar-refractivity contribution in [2.24, 2.45) is 0 Å². The van der Waals surface area contributed by atoms with Crippen molar-refractivity contribution in [2.75, 3.05) is 27.2 Å². The van der Waals surface area contributed by atoms with Crippen LogP contribution in [0.2, 0.25) is 0 Å². The molecule has 1 N–H and O–H groups in total. The summed E-state index contributed by atoms with van der Waals surface area (Å²) in [5.41, 5.74) is 2.10. The van der Waals surface area contributed by atoms with Crippen LogP contribution < -0.4 is 5.32 Å². The molecule has 0 spiro atoms. The molecule has 0 atom stereocenters. The van der Waals surface area contributed by atoms with Crippen LogP contribution in [-0.4, -0.2) is 38.0 Å². The second-order valence-corrected chi connectivity index (χ2v) is 3.86. The van der Waals surface area contributed by atoms with Crippen LogP contribution in [-0.2, 0) is 4.79 Å². The number of nitrogens with one attached hydrogen (secondary N) is 1. The minimum Gasteiger partial charge on any atom is -0.348 e. The van der Waals surface area contributed by atoms with E-state index < -0.39 is 0 Å². The van der Waals surface area contributed by atoms with Crippen LogP contribution >= 0.6 is 0 Å². The van der Waals surface area contributed by atoms with Crippen LogP contribution in [0, 0.1) is 0 Å². The first-order valence-corrected chi connectivity index (χ1v) is 5.25. The summed E-state index contributed by atoms with van der Waals surface area (Å²) in [6, 6.07) is 9.95. The smallest absolute Gasteiger partial charge is 0.236 e. The Morgan fingerprint density at radius 2 is 1.88 bits per heavy atom. The SMILES string of the molecule is C=C(CNCC(=O)N(C)C)c1ccccc1. The van der Waals surface area contributed by atoms with Gasteiger partial charge in [-0.15, -0.1) is 0 Å². The summed E-state index contributed by atoms with van der Waals surface area (Å²) >= 11 is 0. The molecule has 0 heterocycles. The maximum Gasteiger partial charge on any atom is 0.236 e.